The first-order chi connectivity index (χ1) is 8.72. The largest absolute Gasteiger partial charge is 0.344 e. The molecule has 0 aromatic heterocycles. The molecule has 0 aliphatic heterocycles. The van der Waals surface area contributed by atoms with Gasteiger partial charge in [-0.25, -0.2) is 0 Å². The highest BCUT2D eigenvalue weighted by Gasteiger charge is 2.07. The highest BCUT2D eigenvalue weighted by molar-refractivity contribution is 5.78. The van der Waals surface area contributed by atoms with Gasteiger partial charge in [-0.3, -0.25) is 0 Å². The molecule has 0 aliphatic carbocycles. The van der Waals surface area contributed by atoms with Gasteiger partial charge in [0.05, 0.1) is 0 Å². The van der Waals surface area contributed by atoms with Gasteiger partial charge in [-0.2, -0.15) is 0 Å². The van der Waals surface area contributed by atoms with E-state index in [1.807, 2.05) is 6.07 Å². The van der Waals surface area contributed by atoms with E-state index in [1.54, 1.807) is 0 Å². The number of hydrogen-bond donors (Lipinski definition) is 0. The van der Waals surface area contributed by atoms with Crippen LogP contribution in [0.5, 0.6) is 0 Å². The van der Waals surface area contributed by atoms with E-state index >= 15 is 0 Å². The third-order valence-corrected chi connectivity index (χ3v) is 3.13. The molecule has 2 aromatic rings. The summed E-state index contributed by atoms with van der Waals surface area (Å²) in [5, 5.41) is 0. The summed E-state index contributed by atoms with van der Waals surface area (Å²) in [7, 11) is 2.10. The van der Waals surface area contributed by atoms with Crippen molar-refractivity contribution in [3.05, 3.63) is 71.8 Å². The van der Waals surface area contributed by atoms with Gasteiger partial charge in [0, 0.05) is 18.4 Å². The highest BCUT2D eigenvalue weighted by Crippen LogP contribution is 2.24. The second-order valence-electron chi connectivity index (χ2n) is 4.43. The third kappa shape index (κ3) is 2.62. The molecule has 1 nitrogen and oxygen atoms in total. The molecule has 0 spiro atoms. The van der Waals surface area contributed by atoms with Gasteiger partial charge in [-0.15, -0.1) is 0 Å². The molecule has 2 aromatic carbocycles. The molecular formula is C17H19N. The summed E-state index contributed by atoms with van der Waals surface area (Å²) in [5.74, 6) is 0. The van der Waals surface area contributed by atoms with Crippen molar-refractivity contribution in [2.75, 3.05) is 11.9 Å². The van der Waals surface area contributed by atoms with Crippen LogP contribution in [0.3, 0.4) is 0 Å². The lowest BCUT2D eigenvalue weighted by molar-refractivity contribution is 1.21. The smallest absolute Gasteiger partial charge is 0.0438 e. The fourth-order valence-electron chi connectivity index (χ4n) is 2.07. The summed E-state index contributed by atoms with van der Waals surface area (Å²) >= 11 is 0. The molecule has 0 N–H and O–H groups in total. The van der Waals surface area contributed by atoms with E-state index < -0.39 is 0 Å². The third-order valence-electron chi connectivity index (χ3n) is 3.13. The summed E-state index contributed by atoms with van der Waals surface area (Å²) in [6.07, 6.45) is 2.15. The van der Waals surface area contributed by atoms with E-state index in [4.69, 9.17) is 0 Å². The number of benzene rings is 2. The Hall–Kier alpha value is -2.02. The van der Waals surface area contributed by atoms with Crippen molar-refractivity contribution >= 4 is 11.4 Å². The maximum absolute atomic E-state index is 2.22. The van der Waals surface area contributed by atoms with Gasteiger partial charge in [0.25, 0.3) is 0 Å². The standard InChI is InChI=1S/C17H19N/c1-4-17(15-8-6-5-7-9-15)18(3)16-12-10-14(2)11-13-16/h4-13H,1-3H3. The van der Waals surface area contributed by atoms with Crippen LogP contribution in [0.1, 0.15) is 18.1 Å². The van der Waals surface area contributed by atoms with Crippen molar-refractivity contribution in [3.63, 3.8) is 0 Å². The zero-order valence-electron chi connectivity index (χ0n) is 11.2. The Balaban J connectivity index is 2.32. The Labute approximate surface area is 109 Å². The normalized spacial score (nSPS) is 11.4. The Morgan fingerprint density at radius 3 is 2.11 bits per heavy atom. The predicted octanol–water partition coefficient (Wildman–Crippen LogP) is 4.49. The molecule has 0 heterocycles. The van der Waals surface area contributed by atoms with Crippen LogP contribution in [0.4, 0.5) is 5.69 Å². The quantitative estimate of drug-likeness (QED) is 0.760. The van der Waals surface area contributed by atoms with Crippen molar-refractivity contribution in [2.24, 2.45) is 0 Å². The first kappa shape index (κ1) is 12.4. The molecule has 0 fully saturated rings. The topological polar surface area (TPSA) is 3.24 Å². The van der Waals surface area contributed by atoms with Crippen molar-refractivity contribution in [3.8, 4) is 0 Å². The van der Waals surface area contributed by atoms with Crippen LogP contribution in [0.2, 0.25) is 0 Å². The minimum atomic E-state index is 1.21. The van der Waals surface area contributed by atoms with Gasteiger partial charge >= 0.3 is 0 Å². The van der Waals surface area contributed by atoms with E-state index in [-0.39, 0.29) is 0 Å². The monoisotopic (exact) mass is 237 g/mol. The van der Waals surface area contributed by atoms with Crippen LogP contribution >= 0.6 is 0 Å². The lowest BCUT2D eigenvalue weighted by Crippen LogP contribution is -2.15. The first-order valence-electron chi connectivity index (χ1n) is 6.24. The lowest BCUT2D eigenvalue weighted by atomic mass is 10.1. The van der Waals surface area contributed by atoms with E-state index in [9.17, 15) is 0 Å². The first-order valence-corrected chi connectivity index (χ1v) is 6.24. The van der Waals surface area contributed by atoms with Crippen LogP contribution in [0.15, 0.2) is 60.7 Å². The summed E-state index contributed by atoms with van der Waals surface area (Å²) < 4.78 is 0. The molecule has 0 unspecified atom stereocenters. The Bertz CT molecular complexity index is 523. The van der Waals surface area contributed by atoms with Gasteiger partial charge < -0.3 is 4.90 Å². The number of allylic oxidation sites excluding steroid dienone is 1. The Morgan fingerprint density at radius 1 is 0.944 bits per heavy atom. The number of anilines is 1. The number of hydrogen-bond acceptors (Lipinski definition) is 1. The van der Waals surface area contributed by atoms with Crippen LogP contribution in [-0.4, -0.2) is 7.05 Å². The Morgan fingerprint density at radius 2 is 1.56 bits per heavy atom. The summed E-state index contributed by atoms with van der Waals surface area (Å²) in [4.78, 5) is 2.22. The van der Waals surface area contributed by atoms with Crippen molar-refractivity contribution < 1.29 is 0 Å². The fourth-order valence-corrected chi connectivity index (χ4v) is 2.07. The highest BCUT2D eigenvalue weighted by atomic mass is 15.1. The van der Waals surface area contributed by atoms with Gasteiger partial charge in [-0.05, 0) is 31.5 Å². The van der Waals surface area contributed by atoms with E-state index in [0.717, 1.165) is 0 Å². The molecule has 0 amide bonds. The second-order valence-corrected chi connectivity index (χ2v) is 4.43. The number of nitrogens with zero attached hydrogens (tertiary/aromatic N) is 1. The van der Waals surface area contributed by atoms with Gasteiger partial charge in [0.1, 0.15) is 0 Å². The van der Waals surface area contributed by atoms with Crippen LogP contribution in [0.25, 0.3) is 5.70 Å². The molecule has 2 rings (SSSR count). The van der Waals surface area contributed by atoms with E-state index in [0.29, 0.717) is 0 Å². The SMILES string of the molecule is CC=C(c1ccccc1)N(C)c1ccc(C)cc1. The molecule has 0 radical (unpaired) electrons. The minimum Gasteiger partial charge on any atom is -0.344 e. The minimum absolute atomic E-state index is 1.21. The zero-order chi connectivity index (χ0) is 13.0. The predicted molar refractivity (Wildman–Crippen MR) is 79.7 cm³/mol. The van der Waals surface area contributed by atoms with Gasteiger partial charge in [0.2, 0.25) is 0 Å². The molecule has 0 aliphatic rings. The molecule has 1 heteroatoms. The van der Waals surface area contributed by atoms with Crippen molar-refractivity contribution in [2.45, 2.75) is 13.8 Å². The second kappa shape index (κ2) is 5.54. The van der Waals surface area contributed by atoms with E-state index in [2.05, 4.69) is 80.4 Å². The van der Waals surface area contributed by atoms with Crippen molar-refractivity contribution in [1.82, 2.24) is 0 Å². The summed E-state index contributed by atoms with van der Waals surface area (Å²) in [6.45, 7) is 4.19. The van der Waals surface area contributed by atoms with E-state index in [1.165, 1.54) is 22.5 Å². The number of rotatable bonds is 3. The average molecular weight is 237 g/mol. The summed E-state index contributed by atoms with van der Waals surface area (Å²) in [6, 6.07) is 19.1. The maximum atomic E-state index is 2.22. The zero-order valence-corrected chi connectivity index (χ0v) is 11.2. The van der Waals surface area contributed by atoms with Crippen LogP contribution < -0.4 is 4.90 Å². The van der Waals surface area contributed by atoms with Gasteiger partial charge in [-0.1, -0.05) is 54.1 Å². The molecule has 0 saturated carbocycles. The fraction of sp³-hybridized carbons (Fsp3) is 0.176. The summed E-state index contributed by atoms with van der Waals surface area (Å²) in [5.41, 5.74) is 4.95. The average Bonchev–Trinajstić information content (AvgIpc) is 2.41. The molecule has 18 heavy (non-hydrogen) atoms. The molecule has 92 valence electrons. The number of aryl methyl sites for hydroxylation is 1. The molecule has 0 saturated heterocycles. The molecule has 0 bridgehead atoms. The Kier molecular flexibility index (Phi) is 3.83. The van der Waals surface area contributed by atoms with Gasteiger partial charge in [0.15, 0.2) is 0 Å². The van der Waals surface area contributed by atoms with Crippen LogP contribution in [-0.2, 0) is 0 Å². The lowest BCUT2D eigenvalue weighted by Gasteiger charge is -2.23. The van der Waals surface area contributed by atoms with Crippen LogP contribution in [0, 0.1) is 6.92 Å². The van der Waals surface area contributed by atoms with Crippen molar-refractivity contribution in [1.29, 1.82) is 0 Å². The molecular weight excluding hydrogens is 218 g/mol. The maximum Gasteiger partial charge on any atom is 0.0438 e. The molecule has 0 atom stereocenters.